The van der Waals surface area contributed by atoms with E-state index in [9.17, 15) is 0 Å². The molecular weight excluding hydrogens is 274 g/mol. The van der Waals surface area contributed by atoms with E-state index in [0.717, 1.165) is 13.0 Å². The van der Waals surface area contributed by atoms with Crippen LogP contribution < -0.4 is 0 Å². The van der Waals surface area contributed by atoms with Crippen molar-refractivity contribution in [2.24, 2.45) is 0 Å². The number of hydrogen-bond acceptors (Lipinski definition) is 1. The van der Waals surface area contributed by atoms with Gasteiger partial charge in [-0.15, -0.1) is 6.54 Å². The SMILES string of the molecule is C=C(O)C1CC[N-]1.[W+2]. The van der Waals surface area contributed by atoms with Crippen LogP contribution in [0.1, 0.15) is 6.42 Å². The monoisotopic (exact) mass is 282 g/mol. The summed E-state index contributed by atoms with van der Waals surface area (Å²) < 4.78 is 0. The molecule has 1 atom stereocenters. The fourth-order valence-corrected chi connectivity index (χ4v) is 0.530. The molecule has 0 aliphatic carbocycles. The molecule has 44 valence electrons. The second-order valence-corrected chi connectivity index (χ2v) is 1.70. The maximum Gasteiger partial charge on any atom is 2.00 e. The molecule has 1 saturated heterocycles. The summed E-state index contributed by atoms with van der Waals surface area (Å²) in [7, 11) is 0. The zero-order valence-corrected chi connectivity index (χ0v) is 7.43. The Morgan fingerprint density at radius 2 is 2.25 bits per heavy atom. The zero-order valence-electron chi connectivity index (χ0n) is 4.50. The van der Waals surface area contributed by atoms with Gasteiger partial charge in [-0.25, -0.2) is 0 Å². The zero-order chi connectivity index (χ0) is 5.28. The van der Waals surface area contributed by atoms with E-state index in [1.807, 2.05) is 0 Å². The van der Waals surface area contributed by atoms with Crippen molar-refractivity contribution in [1.29, 1.82) is 0 Å². The van der Waals surface area contributed by atoms with E-state index in [-0.39, 0.29) is 32.9 Å². The molecule has 0 aromatic carbocycles. The van der Waals surface area contributed by atoms with Gasteiger partial charge < -0.3 is 10.4 Å². The van der Waals surface area contributed by atoms with Crippen molar-refractivity contribution in [2.45, 2.75) is 12.5 Å². The number of aliphatic hydroxyl groups excluding tert-OH is 1. The molecule has 0 radical (unpaired) electrons. The molecule has 0 aromatic heterocycles. The summed E-state index contributed by atoms with van der Waals surface area (Å²) in [5, 5.41) is 12.5. The molecule has 2 nitrogen and oxygen atoms in total. The third kappa shape index (κ3) is 1.60. The van der Waals surface area contributed by atoms with Crippen LogP contribution >= 0.6 is 0 Å². The number of rotatable bonds is 1. The van der Waals surface area contributed by atoms with E-state index in [4.69, 9.17) is 5.11 Å². The van der Waals surface area contributed by atoms with Crippen LogP contribution in [0, 0.1) is 0 Å². The van der Waals surface area contributed by atoms with Gasteiger partial charge in [0.15, 0.2) is 0 Å². The van der Waals surface area contributed by atoms with Gasteiger partial charge in [0.2, 0.25) is 0 Å². The molecule has 3 heteroatoms. The van der Waals surface area contributed by atoms with Crippen LogP contribution in [0.2, 0.25) is 0 Å². The Labute approximate surface area is 63.2 Å². The first-order valence-corrected chi connectivity index (χ1v) is 2.35. The maximum atomic E-state index is 8.58. The van der Waals surface area contributed by atoms with Crippen LogP contribution in [-0.4, -0.2) is 17.7 Å². The first-order chi connectivity index (χ1) is 3.30. The quantitative estimate of drug-likeness (QED) is 0.720. The first-order valence-electron chi connectivity index (χ1n) is 2.35. The molecule has 0 amide bonds. The van der Waals surface area contributed by atoms with E-state index < -0.39 is 0 Å². The predicted molar refractivity (Wildman–Crippen MR) is 28.4 cm³/mol. The third-order valence-corrected chi connectivity index (χ3v) is 1.14. The van der Waals surface area contributed by atoms with Gasteiger partial charge in [-0.2, -0.15) is 0 Å². The van der Waals surface area contributed by atoms with Gasteiger partial charge >= 0.3 is 21.1 Å². The summed E-state index contributed by atoms with van der Waals surface area (Å²) in [5.41, 5.74) is 0. The Bertz CT molecular complexity index is 90.4. The number of hydrogen-bond donors (Lipinski definition) is 1. The topological polar surface area (TPSA) is 34.3 Å². The van der Waals surface area contributed by atoms with Crippen molar-refractivity contribution in [3.63, 3.8) is 0 Å². The van der Waals surface area contributed by atoms with Crippen molar-refractivity contribution in [2.75, 3.05) is 6.54 Å². The third-order valence-electron chi connectivity index (χ3n) is 1.14. The summed E-state index contributed by atoms with van der Waals surface area (Å²) in [4.78, 5) is 0. The summed E-state index contributed by atoms with van der Waals surface area (Å²) >= 11 is 0. The Kier molecular flexibility index (Phi) is 3.34. The Balaban J connectivity index is 0.000000490. The van der Waals surface area contributed by atoms with E-state index in [2.05, 4.69) is 11.9 Å². The smallest absolute Gasteiger partial charge is 0.653 e. The molecular formula is C5H8NOW+. The molecule has 1 unspecified atom stereocenters. The van der Waals surface area contributed by atoms with Crippen LogP contribution in [0.3, 0.4) is 0 Å². The van der Waals surface area contributed by atoms with Crippen LogP contribution in [0.15, 0.2) is 12.3 Å². The van der Waals surface area contributed by atoms with Gasteiger partial charge in [0.25, 0.3) is 0 Å². The average Bonchev–Trinajstić information content (AvgIpc) is 1.23. The molecule has 1 heterocycles. The van der Waals surface area contributed by atoms with Gasteiger partial charge in [0.05, 0.1) is 5.76 Å². The molecule has 1 aliphatic heterocycles. The van der Waals surface area contributed by atoms with E-state index in [1.54, 1.807) is 0 Å². The second-order valence-electron chi connectivity index (χ2n) is 1.70. The van der Waals surface area contributed by atoms with E-state index >= 15 is 0 Å². The molecule has 1 fully saturated rings. The number of aliphatic hydroxyl groups is 1. The Hall–Kier alpha value is 0.188. The van der Waals surface area contributed by atoms with Gasteiger partial charge in [0, 0.05) is 0 Å². The van der Waals surface area contributed by atoms with Crippen molar-refractivity contribution < 1.29 is 26.2 Å². The standard InChI is InChI=1S/C5H8NO.W/c1-4(7)5-2-3-6-5;/h5,7H,1-3H2;/q-1;+2. The molecule has 0 spiro atoms. The van der Waals surface area contributed by atoms with Crippen molar-refractivity contribution in [1.82, 2.24) is 0 Å². The van der Waals surface area contributed by atoms with Crippen molar-refractivity contribution in [3.05, 3.63) is 17.7 Å². The van der Waals surface area contributed by atoms with Crippen LogP contribution in [0.4, 0.5) is 0 Å². The summed E-state index contributed by atoms with van der Waals surface area (Å²) in [5.74, 6) is 0.214. The molecule has 1 N–H and O–H groups in total. The van der Waals surface area contributed by atoms with Crippen LogP contribution in [0.5, 0.6) is 0 Å². The largest absolute Gasteiger partial charge is 2.00 e. The Morgan fingerprint density at radius 1 is 1.75 bits per heavy atom. The minimum atomic E-state index is 0. The molecule has 8 heavy (non-hydrogen) atoms. The van der Waals surface area contributed by atoms with Gasteiger partial charge in [-0.3, -0.25) is 0 Å². The summed E-state index contributed by atoms with van der Waals surface area (Å²) in [6, 6.07) is 0.0694. The summed E-state index contributed by atoms with van der Waals surface area (Å²) in [6.07, 6.45) is 0.981. The van der Waals surface area contributed by atoms with Crippen molar-refractivity contribution >= 4 is 0 Å². The molecule has 0 bridgehead atoms. The number of nitrogens with zero attached hydrogens (tertiary/aromatic N) is 1. The molecule has 1 aliphatic rings. The van der Waals surface area contributed by atoms with Gasteiger partial charge in [-0.05, 0) is 0 Å². The Morgan fingerprint density at radius 3 is 2.25 bits per heavy atom. The average molecular weight is 282 g/mol. The van der Waals surface area contributed by atoms with Crippen LogP contribution in [-0.2, 0) is 21.1 Å². The predicted octanol–water partition coefficient (Wildman–Crippen LogP) is 1.20. The first kappa shape index (κ1) is 8.19. The summed E-state index contributed by atoms with van der Waals surface area (Å²) in [6.45, 7) is 4.23. The van der Waals surface area contributed by atoms with Gasteiger partial charge in [-0.1, -0.05) is 19.0 Å². The van der Waals surface area contributed by atoms with Crippen molar-refractivity contribution in [3.8, 4) is 0 Å². The second kappa shape index (κ2) is 3.26. The normalized spacial score (nSPS) is 25.2. The molecule has 0 saturated carbocycles. The molecule has 1 rings (SSSR count). The van der Waals surface area contributed by atoms with Crippen LogP contribution in [0.25, 0.3) is 5.32 Å². The minimum absolute atomic E-state index is 0. The minimum Gasteiger partial charge on any atom is -0.653 e. The fraction of sp³-hybridized carbons (Fsp3) is 0.600. The van der Waals surface area contributed by atoms with E-state index in [1.165, 1.54) is 0 Å². The van der Waals surface area contributed by atoms with E-state index in [0.29, 0.717) is 0 Å². The van der Waals surface area contributed by atoms with Gasteiger partial charge in [0.1, 0.15) is 0 Å². The fourth-order valence-electron chi connectivity index (χ4n) is 0.530. The maximum absolute atomic E-state index is 8.58. The molecule has 0 aromatic rings.